The van der Waals surface area contributed by atoms with E-state index in [2.05, 4.69) is 43.5 Å². The number of likely N-dealkylation sites (N-methyl/N-ethyl adjacent to an activating group) is 1. The first-order chi connectivity index (χ1) is 33.5. The minimum Gasteiger partial charge on any atom is -0.756 e. The van der Waals surface area contributed by atoms with E-state index in [0.717, 1.165) is 44.9 Å². The quantitative estimate of drug-likeness (QED) is 0.0272. The number of aliphatic hydroxyl groups is 1. The molecule has 0 saturated heterocycles. The molecule has 0 rings (SSSR count). The molecule has 3 unspecified atom stereocenters. The number of nitrogens with one attached hydrogen (secondary N) is 1. The third-order valence-electron chi connectivity index (χ3n) is 13.9. The molecule has 8 nitrogen and oxygen atoms in total. The molecule has 410 valence electrons. The molecule has 0 bridgehead atoms. The lowest BCUT2D eigenvalue weighted by molar-refractivity contribution is -0.870. The summed E-state index contributed by atoms with van der Waals surface area (Å²) in [6, 6.07) is -0.803. The summed E-state index contributed by atoms with van der Waals surface area (Å²) in [5, 5.41) is 14.0. The van der Waals surface area contributed by atoms with Crippen molar-refractivity contribution in [1.29, 1.82) is 0 Å². The molecule has 0 heterocycles. The van der Waals surface area contributed by atoms with Crippen molar-refractivity contribution in [2.75, 3.05) is 40.9 Å². The van der Waals surface area contributed by atoms with E-state index in [1.165, 1.54) is 231 Å². The van der Waals surface area contributed by atoms with E-state index in [1.54, 1.807) is 0 Å². The smallest absolute Gasteiger partial charge is 0.268 e. The summed E-state index contributed by atoms with van der Waals surface area (Å²) in [7, 11) is 1.31. The minimum atomic E-state index is -4.57. The molecule has 0 spiro atoms. The minimum absolute atomic E-state index is 0.0126. The predicted molar refractivity (Wildman–Crippen MR) is 298 cm³/mol. The van der Waals surface area contributed by atoms with Gasteiger partial charge in [-0.2, -0.15) is 0 Å². The van der Waals surface area contributed by atoms with E-state index in [0.29, 0.717) is 23.9 Å². The molecule has 0 aliphatic heterocycles. The van der Waals surface area contributed by atoms with Crippen molar-refractivity contribution < 1.29 is 32.9 Å². The van der Waals surface area contributed by atoms with Crippen LogP contribution in [0.1, 0.15) is 303 Å². The summed E-state index contributed by atoms with van der Waals surface area (Å²) in [5.41, 5.74) is 0. The van der Waals surface area contributed by atoms with Crippen molar-refractivity contribution in [2.45, 2.75) is 315 Å². The second-order valence-electron chi connectivity index (χ2n) is 22.1. The van der Waals surface area contributed by atoms with Crippen LogP contribution in [0.4, 0.5) is 0 Å². The van der Waals surface area contributed by atoms with Crippen molar-refractivity contribution in [3.05, 3.63) is 24.3 Å². The Labute approximate surface area is 430 Å². The van der Waals surface area contributed by atoms with Gasteiger partial charge in [-0.05, 0) is 44.9 Å². The summed E-state index contributed by atoms with van der Waals surface area (Å²) in [6.07, 6.45) is 65.0. The Morgan fingerprint density at radius 2 is 0.841 bits per heavy atom. The summed E-state index contributed by atoms with van der Waals surface area (Å²) in [6.45, 7) is 4.75. The highest BCUT2D eigenvalue weighted by atomic mass is 31.2. The van der Waals surface area contributed by atoms with Crippen molar-refractivity contribution in [3.63, 3.8) is 0 Å². The van der Waals surface area contributed by atoms with Gasteiger partial charge in [-0.25, -0.2) is 0 Å². The zero-order chi connectivity index (χ0) is 50.6. The number of unbranched alkanes of at least 4 members (excludes halogenated alkanes) is 39. The number of amides is 1. The van der Waals surface area contributed by atoms with Crippen LogP contribution in [0, 0.1) is 0 Å². The van der Waals surface area contributed by atoms with E-state index in [4.69, 9.17) is 9.05 Å². The molecular formula is C60H119N2O6P. The Kier molecular flexibility index (Phi) is 51.1. The van der Waals surface area contributed by atoms with E-state index in [9.17, 15) is 19.4 Å². The van der Waals surface area contributed by atoms with Gasteiger partial charge in [-0.15, -0.1) is 0 Å². The maximum absolute atomic E-state index is 13.0. The van der Waals surface area contributed by atoms with Gasteiger partial charge in [0.25, 0.3) is 7.82 Å². The topological polar surface area (TPSA) is 108 Å². The average molecular weight is 996 g/mol. The summed E-state index contributed by atoms with van der Waals surface area (Å²) in [4.78, 5) is 25.6. The fraction of sp³-hybridized carbons (Fsp3) is 0.917. The average Bonchev–Trinajstić information content (AvgIpc) is 3.31. The molecule has 0 aromatic carbocycles. The number of hydrogen-bond acceptors (Lipinski definition) is 6. The second kappa shape index (κ2) is 51.9. The first-order valence-electron chi connectivity index (χ1n) is 30.2. The van der Waals surface area contributed by atoms with E-state index >= 15 is 0 Å². The maximum atomic E-state index is 13.0. The summed E-state index contributed by atoms with van der Waals surface area (Å²) in [5.74, 6) is -0.165. The van der Waals surface area contributed by atoms with Crippen LogP contribution < -0.4 is 10.2 Å². The lowest BCUT2D eigenvalue weighted by Crippen LogP contribution is -2.46. The van der Waals surface area contributed by atoms with Crippen LogP contribution in [0.25, 0.3) is 0 Å². The highest BCUT2D eigenvalue weighted by Crippen LogP contribution is 2.38. The van der Waals surface area contributed by atoms with Gasteiger partial charge >= 0.3 is 0 Å². The molecule has 1 amide bonds. The van der Waals surface area contributed by atoms with Gasteiger partial charge in [0.1, 0.15) is 13.2 Å². The number of nitrogens with zero attached hydrogens (tertiary/aromatic N) is 1. The number of quaternary nitrogens is 1. The van der Waals surface area contributed by atoms with Crippen LogP contribution >= 0.6 is 7.82 Å². The number of allylic oxidation sites excluding steroid dienone is 4. The third kappa shape index (κ3) is 54.6. The fourth-order valence-corrected chi connectivity index (χ4v) is 9.91. The molecule has 2 N–H and O–H groups in total. The third-order valence-corrected chi connectivity index (χ3v) is 14.9. The first kappa shape index (κ1) is 68.0. The van der Waals surface area contributed by atoms with Gasteiger partial charge in [-0.3, -0.25) is 9.36 Å². The number of carbonyl (C=O) groups excluding carboxylic acids is 1. The Bertz CT molecular complexity index is 1170. The van der Waals surface area contributed by atoms with Gasteiger partial charge in [0, 0.05) is 6.42 Å². The maximum Gasteiger partial charge on any atom is 0.268 e. The Hall–Kier alpha value is -1.02. The van der Waals surface area contributed by atoms with Gasteiger partial charge in [0.05, 0.1) is 39.9 Å². The van der Waals surface area contributed by atoms with Gasteiger partial charge < -0.3 is 28.8 Å². The van der Waals surface area contributed by atoms with Crippen molar-refractivity contribution in [1.82, 2.24) is 5.32 Å². The molecular weight excluding hydrogens is 876 g/mol. The van der Waals surface area contributed by atoms with Gasteiger partial charge in [0.2, 0.25) is 5.91 Å². The van der Waals surface area contributed by atoms with Crippen LogP contribution in [0.3, 0.4) is 0 Å². The van der Waals surface area contributed by atoms with Crippen molar-refractivity contribution in [3.8, 4) is 0 Å². The largest absolute Gasteiger partial charge is 0.756 e. The molecule has 0 radical (unpaired) electrons. The second-order valence-corrected chi connectivity index (χ2v) is 23.5. The van der Waals surface area contributed by atoms with Crippen molar-refractivity contribution in [2.24, 2.45) is 0 Å². The fourth-order valence-electron chi connectivity index (χ4n) is 9.19. The lowest BCUT2D eigenvalue weighted by Gasteiger charge is -2.30. The highest BCUT2D eigenvalue weighted by Gasteiger charge is 2.24. The normalized spacial score (nSPS) is 14.0. The van der Waals surface area contributed by atoms with Gasteiger partial charge in [0.15, 0.2) is 0 Å². The molecule has 0 aliphatic rings. The molecule has 0 aliphatic carbocycles. The zero-order valence-corrected chi connectivity index (χ0v) is 47.7. The molecule has 0 aromatic heterocycles. The number of hydrogen-bond donors (Lipinski definition) is 2. The molecule has 69 heavy (non-hydrogen) atoms. The summed E-state index contributed by atoms with van der Waals surface area (Å²) >= 11 is 0. The highest BCUT2D eigenvalue weighted by molar-refractivity contribution is 7.45. The van der Waals surface area contributed by atoms with Crippen LogP contribution in [0.5, 0.6) is 0 Å². The molecule has 0 fully saturated rings. The van der Waals surface area contributed by atoms with E-state index < -0.39 is 20.0 Å². The SMILES string of the molecule is CCCCCCC/C=C\C/C=C\CCCCCCCCCCCC(=O)NC(COP(=O)([O-])OCC[N+](C)(C)C)C(O)CCCCCCCCCCCCCCCCCCCCCCCCCCCC. The van der Waals surface area contributed by atoms with Crippen LogP contribution in [0.15, 0.2) is 24.3 Å². The molecule has 0 saturated carbocycles. The van der Waals surface area contributed by atoms with Crippen LogP contribution in [0.2, 0.25) is 0 Å². The predicted octanol–water partition coefficient (Wildman–Crippen LogP) is 17.7. The molecule has 0 aromatic rings. The van der Waals surface area contributed by atoms with E-state index in [-0.39, 0.29) is 19.1 Å². The van der Waals surface area contributed by atoms with Crippen LogP contribution in [-0.2, 0) is 18.4 Å². The zero-order valence-electron chi connectivity index (χ0n) is 46.8. The summed E-state index contributed by atoms with van der Waals surface area (Å²) < 4.78 is 23.5. The molecule has 3 atom stereocenters. The van der Waals surface area contributed by atoms with Crippen molar-refractivity contribution >= 4 is 13.7 Å². The van der Waals surface area contributed by atoms with Crippen LogP contribution in [-0.4, -0.2) is 68.5 Å². The van der Waals surface area contributed by atoms with Gasteiger partial charge in [-0.1, -0.05) is 276 Å². The van der Waals surface area contributed by atoms with E-state index in [1.807, 2.05) is 21.1 Å². The lowest BCUT2D eigenvalue weighted by atomic mass is 10.0. The number of carbonyl (C=O) groups is 1. The Morgan fingerprint density at radius 3 is 1.20 bits per heavy atom. The Balaban J connectivity index is 4.12. The number of phosphoric acid groups is 1. The number of phosphoric ester groups is 1. The number of rotatable bonds is 56. The monoisotopic (exact) mass is 995 g/mol. The number of aliphatic hydroxyl groups excluding tert-OH is 1. The standard InChI is InChI=1S/C60H119N2O6P/c1-6-8-10-12-14-16-18-20-22-24-26-28-29-30-31-32-34-35-37-39-41-43-45-47-49-51-53-59(63)58(57-68-69(65,66)67-56-55-62(3,4)5)61-60(64)54-52-50-48-46-44-42-40-38-36-33-27-25-23-21-19-17-15-13-11-9-7-2/h19,21,25,27,58-59,63H,6-18,20,22-24,26,28-57H2,1-5H3,(H-,61,64,65,66)/b21-19-,27-25-. The Morgan fingerprint density at radius 1 is 0.507 bits per heavy atom. The first-order valence-corrected chi connectivity index (χ1v) is 31.6. The molecule has 9 heteroatoms.